The van der Waals surface area contributed by atoms with Gasteiger partial charge in [0.25, 0.3) is 5.56 Å². The van der Waals surface area contributed by atoms with Crippen molar-refractivity contribution in [3.63, 3.8) is 0 Å². The van der Waals surface area contributed by atoms with Crippen molar-refractivity contribution in [2.45, 2.75) is 55.4 Å². The number of nitrogens with two attached hydrogens (primary N) is 3. The molecule has 24 heteroatoms. The molecule has 7 rings (SSSR count). The van der Waals surface area contributed by atoms with E-state index in [2.05, 4.69) is 29.6 Å². The zero-order valence-corrected chi connectivity index (χ0v) is 25.3. The van der Waals surface area contributed by atoms with Crippen LogP contribution in [0.4, 0.5) is 5.95 Å². The summed E-state index contributed by atoms with van der Waals surface area (Å²) in [6.07, 6.45) is -3.49. The quantitative estimate of drug-likeness (QED) is 0.133. The highest BCUT2D eigenvalue weighted by atomic mass is 31.2. The third kappa shape index (κ3) is 5.39. The summed E-state index contributed by atoms with van der Waals surface area (Å²) in [6, 6.07) is -0.733. The molecule has 0 radical (unpaired) electrons. The molecule has 0 spiro atoms. The van der Waals surface area contributed by atoms with Crippen LogP contribution in [0.5, 0.6) is 0 Å². The summed E-state index contributed by atoms with van der Waals surface area (Å²) in [5, 5.41) is 22.5. The van der Waals surface area contributed by atoms with Gasteiger partial charge in [-0.15, -0.1) is 0 Å². The Hall–Kier alpha value is -3.11. The van der Waals surface area contributed by atoms with Crippen molar-refractivity contribution in [2.24, 2.45) is 33.5 Å². The summed E-state index contributed by atoms with van der Waals surface area (Å²) in [6.45, 7) is -1.27. The van der Waals surface area contributed by atoms with Gasteiger partial charge in [-0.05, 0) is 12.6 Å². The third-order valence-corrected chi connectivity index (χ3v) is 10.7. The van der Waals surface area contributed by atoms with E-state index in [0.29, 0.717) is 5.84 Å². The van der Waals surface area contributed by atoms with Crippen LogP contribution in [0.1, 0.15) is 12.6 Å². The average Bonchev–Trinajstić information content (AvgIpc) is 3.77. The highest BCUT2D eigenvalue weighted by Gasteiger charge is 2.55. The molecule has 4 aliphatic heterocycles. The predicted octanol–water partition coefficient (Wildman–Crippen LogP) is -2.20. The van der Waals surface area contributed by atoms with E-state index < -0.39 is 89.3 Å². The van der Waals surface area contributed by atoms with Crippen LogP contribution in [0.2, 0.25) is 0 Å². The van der Waals surface area contributed by atoms with Crippen molar-refractivity contribution in [3.05, 3.63) is 29.0 Å². The second-order valence-electron chi connectivity index (χ2n) is 11.2. The lowest BCUT2D eigenvalue weighted by Gasteiger charge is -2.34. The van der Waals surface area contributed by atoms with Crippen molar-refractivity contribution in [3.8, 4) is 0 Å². The molecule has 12 atom stereocenters. The number of aromatic amines is 1. The number of aliphatic hydroxyl groups is 2. The standard InChI is InChI=1S/C22H30N10O12P2/c23-17-9-1-2-31(18(9)27-6-26-17)10-3-8-4-40-46(38,44-25)43-16-14(34)11(5-39-45(36,37)42-15(8)13(10)33)41-21(16)32-7-28-12-19(32)29-22(24)30-20(12)35/h1-2,6-11,13-16,18,21,33-34H,3-5,25H2,(H,36,37)(H2,23,26,27)(H3,24,29,30,35). The minimum atomic E-state index is -4.96. The molecule has 250 valence electrons. The Morgan fingerprint density at radius 2 is 1.91 bits per heavy atom. The zero-order valence-electron chi connectivity index (χ0n) is 23.5. The number of anilines is 1. The lowest BCUT2D eigenvalue weighted by Crippen LogP contribution is -2.48. The lowest BCUT2D eigenvalue weighted by molar-refractivity contribution is -0.0634. The zero-order chi connectivity index (χ0) is 32.5. The third-order valence-electron chi connectivity index (χ3n) is 8.50. The Morgan fingerprint density at radius 1 is 1.11 bits per heavy atom. The first kappa shape index (κ1) is 31.5. The second-order valence-corrected chi connectivity index (χ2v) is 14.2. The van der Waals surface area contributed by atoms with Gasteiger partial charge in [0.2, 0.25) is 5.95 Å². The summed E-state index contributed by atoms with van der Waals surface area (Å²) in [7, 11) is -9.70. The fourth-order valence-electron chi connectivity index (χ4n) is 6.33. The predicted molar refractivity (Wildman–Crippen MR) is 153 cm³/mol. The molecule has 1 saturated carbocycles. The Morgan fingerprint density at radius 3 is 2.70 bits per heavy atom. The first-order chi connectivity index (χ1) is 21.9. The summed E-state index contributed by atoms with van der Waals surface area (Å²) >= 11 is 0. The maximum absolute atomic E-state index is 13.7. The Kier molecular flexibility index (Phi) is 7.90. The number of nitrogens with one attached hydrogen (secondary N) is 1. The SMILES string of the molecule is NOP1(=O)OCC2CC(N3C=CC4C(N)=NC=NC43)C(O)C2OP(=O)(O)OCC2OC(n3cnc4c(=O)[nH]c(N)nc43)C(O1)C2O. The van der Waals surface area contributed by atoms with Crippen molar-refractivity contribution >= 4 is 44.9 Å². The number of nitrogens with zero attached hydrogens (tertiary/aromatic N) is 6. The monoisotopic (exact) mass is 688 g/mol. The van der Waals surface area contributed by atoms with Gasteiger partial charge in [0, 0.05) is 5.92 Å². The fourth-order valence-corrected chi connectivity index (χ4v) is 8.41. The maximum Gasteiger partial charge on any atom is 0.491 e. The molecule has 2 aromatic heterocycles. The number of aliphatic hydroxyl groups excluding tert-OH is 2. The molecule has 2 saturated heterocycles. The van der Waals surface area contributed by atoms with Crippen molar-refractivity contribution in [1.82, 2.24) is 24.4 Å². The van der Waals surface area contributed by atoms with Gasteiger partial charge in [0.05, 0.1) is 31.5 Å². The number of H-pyrrole nitrogens is 1. The number of rotatable bonds is 3. The van der Waals surface area contributed by atoms with E-state index in [1.54, 1.807) is 17.2 Å². The molecule has 46 heavy (non-hydrogen) atoms. The van der Waals surface area contributed by atoms with Gasteiger partial charge in [-0.25, -0.2) is 34.6 Å². The minimum absolute atomic E-state index is 0.0829. The second kappa shape index (κ2) is 11.5. The number of imidazole rings is 1. The molecule has 6 heterocycles. The molecule has 2 aromatic rings. The lowest BCUT2D eigenvalue weighted by atomic mass is 10.0. The molecule has 10 N–H and O–H groups in total. The van der Waals surface area contributed by atoms with Crippen LogP contribution in [0.15, 0.2) is 33.4 Å². The van der Waals surface area contributed by atoms with E-state index in [1.807, 2.05) is 0 Å². The van der Waals surface area contributed by atoms with E-state index >= 15 is 0 Å². The number of ether oxygens (including phenoxy) is 1. The molecular weight excluding hydrogens is 658 g/mol. The van der Waals surface area contributed by atoms with Crippen LogP contribution in [0.3, 0.4) is 0 Å². The molecule has 0 amide bonds. The molecule has 2 bridgehead atoms. The van der Waals surface area contributed by atoms with Crippen LogP contribution in [0.25, 0.3) is 11.2 Å². The Balaban J connectivity index is 1.19. The minimum Gasteiger partial charge on any atom is -0.388 e. The smallest absolute Gasteiger partial charge is 0.388 e. The van der Waals surface area contributed by atoms with Crippen molar-refractivity contribution < 1.29 is 51.7 Å². The molecule has 0 aromatic carbocycles. The van der Waals surface area contributed by atoms with Gasteiger partial charge < -0.3 is 36.2 Å². The average molecular weight is 688 g/mol. The van der Waals surface area contributed by atoms with Gasteiger partial charge in [0.1, 0.15) is 48.9 Å². The molecule has 3 fully saturated rings. The maximum atomic E-state index is 13.7. The number of fused-ring (bicyclic) bond motifs is 5. The van der Waals surface area contributed by atoms with Gasteiger partial charge in [0.15, 0.2) is 17.4 Å². The van der Waals surface area contributed by atoms with E-state index in [9.17, 15) is 29.0 Å². The highest BCUT2D eigenvalue weighted by molar-refractivity contribution is 7.48. The summed E-state index contributed by atoms with van der Waals surface area (Å²) in [5.74, 6) is 4.18. The number of nitrogen functional groups attached to an aromatic ring is 1. The van der Waals surface area contributed by atoms with Crippen molar-refractivity contribution in [1.29, 1.82) is 0 Å². The molecule has 1 aliphatic carbocycles. The van der Waals surface area contributed by atoms with E-state index in [-0.39, 0.29) is 29.5 Å². The number of phosphoric acid groups is 2. The van der Waals surface area contributed by atoms with Crippen molar-refractivity contribution in [2.75, 3.05) is 18.9 Å². The first-order valence-electron chi connectivity index (χ1n) is 13.9. The first-order valence-corrected chi connectivity index (χ1v) is 16.9. The van der Waals surface area contributed by atoms with Crippen LogP contribution in [-0.4, -0.2) is 108 Å². The van der Waals surface area contributed by atoms with E-state index in [1.165, 1.54) is 10.9 Å². The van der Waals surface area contributed by atoms with Gasteiger partial charge in [-0.3, -0.25) is 32.4 Å². The van der Waals surface area contributed by atoms with E-state index in [0.717, 1.165) is 6.33 Å². The topological polar surface area (TPSA) is 320 Å². The molecule has 12 unspecified atom stereocenters. The van der Waals surface area contributed by atoms with Crippen LogP contribution in [-0.2, 0) is 36.6 Å². The highest BCUT2D eigenvalue weighted by Crippen LogP contribution is 2.56. The summed E-state index contributed by atoms with van der Waals surface area (Å²) < 4.78 is 60.5. The van der Waals surface area contributed by atoms with Gasteiger partial charge >= 0.3 is 15.6 Å². The van der Waals surface area contributed by atoms with E-state index in [4.69, 9.17) is 40.2 Å². The number of phosphoric ester groups is 2. The van der Waals surface area contributed by atoms with Gasteiger partial charge in [-0.2, -0.15) is 4.98 Å². The molecule has 22 nitrogen and oxygen atoms in total. The largest absolute Gasteiger partial charge is 0.491 e. The summed E-state index contributed by atoms with van der Waals surface area (Å²) in [4.78, 5) is 43.5. The van der Waals surface area contributed by atoms with Crippen LogP contribution in [0, 0.1) is 11.8 Å². The number of amidine groups is 1. The number of hydrogen-bond donors (Lipinski definition) is 7. The van der Waals surface area contributed by atoms with Crippen LogP contribution >= 0.6 is 15.6 Å². The number of aliphatic imine (C=N–C) groups is 2. The fraction of sp³-hybridized carbons (Fsp3) is 0.591. The Labute approximate surface area is 258 Å². The summed E-state index contributed by atoms with van der Waals surface area (Å²) in [5.41, 5.74) is 10.8. The van der Waals surface area contributed by atoms with Crippen LogP contribution < -0.4 is 22.9 Å². The Bertz CT molecular complexity index is 1770. The number of hydrogen-bond acceptors (Lipinski definition) is 19. The number of aromatic nitrogens is 4. The normalized spacial score (nSPS) is 42.7. The molecular formula is C22H30N10O12P2. The molecule has 5 aliphatic rings. The van der Waals surface area contributed by atoms with Gasteiger partial charge in [-0.1, -0.05) is 6.08 Å².